The van der Waals surface area contributed by atoms with Gasteiger partial charge in [0.1, 0.15) is 0 Å². The monoisotopic (exact) mass is 266 g/mol. The molecule has 0 N–H and O–H groups in total. The van der Waals surface area contributed by atoms with E-state index in [4.69, 9.17) is 0 Å². The van der Waals surface area contributed by atoms with Gasteiger partial charge in [-0.25, -0.2) is 0 Å². The first-order valence-electron chi connectivity index (χ1n) is 7.60. The Kier molecular flexibility index (Phi) is 2.36. The third kappa shape index (κ3) is 1.34. The fourth-order valence-corrected chi connectivity index (χ4v) is 4.64. The van der Waals surface area contributed by atoms with Gasteiger partial charge in [-0.2, -0.15) is 0 Å². The average Bonchev–Trinajstić information content (AvgIpc) is 2.85. The van der Waals surface area contributed by atoms with Crippen LogP contribution in [-0.4, -0.2) is 17.2 Å². The number of piperidine rings is 1. The van der Waals surface area contributed by atoms with Gasteiger partial charge in [-0.15, -0.1) is 0 Å². The van der Waals surface area contributed by atoms with Crippen LogP contribution in [0.5, 0.6) is 0 Å². The quantitative estimate of drug-likeness (QED) is 0.764. The van der Waals surface area contributed by atoms with Gasteiger partial charge in [-0.3, -0.25) is 0 Å². The van der Waals surface area contributed by atoms with Gasteiger partial charge in [-0.1, -0.05) is 25.1 Å². The molecule has 2 aromatic rings. The maximum absolute atomic E-state index is 2.61. The maximum Gasteiger partial charge on any atom is 0.0407 e. The second-order valence-corrected chi connectivity index (χ2v) is 6.64. The van der Waals surface area contributed by atoms with E-state index in [0.29, 0.717) is 12.0 Å². The van der Waals surface area contributed by atoms with Crippen molar-refractivity contribution in [3.8, 4) is 0 Å². The molecule has 0 spiro atoms. The second kappa shape index (κ2) is 3.91. The molecule has 1 aromatic heterocycles. The van der Waals surface area contributed by atoms with Crippen LogP contribution in [-0.2, 0) is 12.5 Å². The highest BCUT2D eigenvalue weighted by molar-refractivity contribution is 5.64. The molecular formula is C18H22N2. The van der Waals surface area contributed by atoms with Gasteiger partial charge in [0, 0.05) is 48.5 Å². The molecule has 4 heterocycles. The minimum absolute atomic E-state index is 0.261. The van der Waals surface area contributed by atoms with Crippen molar-refractivity contribution in [2.75, 3.05) is 11.4 Å². The van der Waals surface area contributed by atoms with E-state index >= 15 is 0 Å². The van der Waals surface area contributed by atoms with Crippen LogP contribution < -0.4 is 4.90 Å². The van der Waals surface area contributed by atoms with Gasteiger partial charge in [0.05, 0.1) is 0 Å². The lowest BCUT2D eigenvalue weighted by molar-refractivity contribution is 0.236. The molecule has 20 heavy (non-hydrogen) atoms. The smallest absolute Gasteiger partial charge is 0.0407 e. The topological polar surface area (TPSA) is 8.17 Å². The number of nitrogens with zero attached hydrogens (tertiary/aromatic N) is 2. The van der Waals surface area contributed by atoms with E-state index in [1.165, 1.54) is 29.9 Å². The number of hydrogen-bond acceptors (Lipinski definition) is 1. The number of fused-ring (bicyclic) bond motifs is 2. The Bertz CT molecular complexity index is 657. The lowest BCUT2D eigenvalue weighted by atomic mass is 9.59. The molecule has 1 aromatic carbocycles. The summed E-state index contributed by atoms with van der Waals surface area (Å²) in [4.78, 5) is 2.61. The van der Waals surface area contributed by atoms with Crippen molar-refractivity contribution in [3.05, 3.63) is 53.9 Å². The number of para-hydroxylation sites is 1. The molecule has 104 valence electrons. The Balaban J connectivity index is 1.94. The number of benzene rings is 1. The Labute approximate surface area is 121 Å². The van der Waals surface area contributed by atoms with Crippen molar-refractivity contribution in [1.82, 2.24) is 4.57 Å². The van der Waals surface area contributed by atoms with Crippen LogP contribution in [0.15, 0.2) is 42.6 Å². The van der Waals surface area contributed by atoms with E-state index in [-0.39, 0.29) is 5.41 Å². The average molecular weight is 266 g/mol. The summed E-state index contributed by atoms with van der Waals surface area (Å²) < 4.78 is 2.30. The molecular weight excluding hydrogens is 244 g/mol. The van der Waals surface area contributed by atoms with Crippen molar-refractivity contribution in [1.29, 1.82) is 0 Å². The lowest BCUT2D eigenvalue weighted by Crippen LogP contribution is -2.58. The molecule has 3 aliphatic rings. The molecule has 0 saturated carbocycles. The predicted molar refractivity (Wildman–Crippen MR) is 83.4 cm³/mol. The minimum Gasteiger partial charge on any atom is -0.368 e. The van der Waals surface area contributed by atoms with Crippen LogP contribution in [0, 0.1) is 0 Å². The van der Waals surface area contributed by atoms with E-state index in [1.54, 1.807) is 0 Å². The zero-order valence-electron chi connectivity index (χ0n) is 12.5. The first kappa shape index (κ1) is 12.1. The summed E-state index contributed by atoms with van der Waals surface area (Å²) in [7, 11) is 2.18. The lowest BCUT2D eigenvalue weighted by Gasteiger charge is -2.57. The van der Waals surface area contributed by atoms with Crippen molar-refractivity contribution < 1.29 is 0 Å². The summed E-state index contributed by atoms with van der Waals surface area (Å²) in [6.45, 7) is 6.05. The van der Waals surface area contributed by atoms with Crippen LogP contribution in [0.25, 0.3) is 0 Å². The minimum atomic E-state index is 0.261. The van der Waals surface area contributed by atoms with E-state index in [9.17, 15) is 0 Å². The fraction of sp³-hybridized carbons (Fsp3) is 0.444. The molecule has 2 bridgehead atoms. The van der Waals surface area contributed by atoms with E-state index in [2.05, 4.69) is 73.0 Å². The molecule has 5 rings (SSSR count). The number of anilines is 1. The second-order valence-electron chi connectivity index (χ2n) is 6.64. The number of aryl methyl sites for hydroxylation is 1. The summed E-state index contributed by atoms with van der Waals surface area (Å²) in [5.41, 5.74) is 4.73. The Morgan fingerprint density at radius 1 is 1.15 bits per heavy atom. The summed E-state index contributed by atoms with van der Waals surface area (Å²) in [6.07, 6.45) is 3.43. The molecule has 0 aliphatic carbocycles. The number of hydrogen-bond donors (Lipinski definition) is 0. The molecule has 3 atom stereocenters. The van der Waals surface area contributed by atoms with Crippen molar-refractivity contribution in [3.63, 3.8) is 0 Å². The predicted octanol–water partition coefficient (Wildman–Crippen LogP) is 3.68. The Hall–Kier alpha value is -1.70. The van der Waals surface area contributed by atoms with Crippen LogP contribution in [0.3, 0.4) is 0 Å². The fourth-order valence-electron chi connectivity index (χ4n) is 4.64. The highest BCUT2D eigenvalue weighted by Crippen LogP contribution is 2.56. The van der Waals surface area contributed by atoms with Crippen LogP contribution >= 0.6 is 0 Å². The highest BCUT2D eigenvalue weighted by atomic mass is 15.2. The van der Waals surface area contributed by atoms with Gasteiger partial charge in [0.25, 0.3) is 0 Å². The van der Waals surface area contributed by atoms with Crippen LogP contribution in [0.4, 0.5) is 5.69 Å². The summed E-state index contributed by atoms with van der Waals surface area (Å²) in [5.74, 6) is 0.575. The Morgan fingerprint density at radius 2 is 1.95 bits per heavy atom. The molecule has 3 aliphatic heterocycles. The standard InChI is InChI=1S/C18H22N2/c1-13-17(16-9-6-11-19(16)3)18(2)10-12-20(13)15-8-5-4-7-14(15)18/h4-9,11,13,17H,10,12H2,1-3H3/t13-,17?,18?/m1/s1. The van der Waals surface area contributed by atoms with Gasteiger partial charge >= 0.3 is 0 Å². The van der Waals surface area contributed by atoms with Crippen LogP contribution in [0.2, 0.25) is 0 Å². The van der Waals surface area contributed by atoms with E-state index < -0.39 is 0 Å². The van der Waals surface area contributed by atoms with Crippen molar-refractivity contribution >= 4 is 5.69 Å². The van der Waals surface area contributed by atoms with Crippen molar-refractivity contribution in [2.24, 2.45) is 7.05 Å². The van der Waals surface area contributed by atoms with Crippen LogP contribution in [0.1, 0.15) is 37.4 Å². The molecule has 0 radical (unpaired) electrons. The summed E-state index contributed by atoms with van der Waals surface area (Å²) in [6, 6.07) is 14.0. The highest BCUT2D eigenvalue weighted by Gasteiger charge is 2.51. The van der Waals surface area contributed by atoms with E-state index in [1.807, 2.05) is 0 Å². The van der Waals surface area contributed by atoms with Gasteiger partial charge in [0.2, 0.25) is 0 Å². The summed E-state index contributed by atoms with van der Waals surface area (Å²) in [5, 5.41) is 0. The molecule has 1 fully saturated rings. The molecule has 0 amide bonds. The number of aromatic nitrogens is 1. The molecule has 2 nitrogen and oxygen atoms in total. The number of rotatable bonds is 1. The first-order valence-corrected chi connectivity index (χ1v) is 7.60. The zero-order chi connectivity index (χ0) is 13.9. The molecule has 2 unspecified atom stereocenters. The first-order chi connectivity index (χ1) is 9.63. The zero-order valence-corrected chi connectivity index (χ0v) is 12.5. The van der Waals surface area contributed by atoms with Crippen molar-refractivity contribution in [2.45, 2.75) is 37.6 Å². The third-order valence-electron chi connectivity index (χ3n) is 5.66. The molecule has 2 heteroatoms. The van der Waals surface area contributed by atoms with Gasteiger partial charge in [-0.05, 0) is 37.1 Å². The normalized spacial score (nSPS) is 31.4. The largest absolute Gasteiger partial charge is 0.368 e. The third-order valence-corrected chi connectivity index (χ3v) is 5.66. The van der Waals surface area contributed by atoms with Gasteiger partial charge < -0.3 is 9.47 Å². The Morgan fingerprint density at radius 3 is 2.70 bits per heavy atom. The van der Waals surface area contributed by atoms with E-state index in [0.717, 1.165) is 0 Å². The summed E-state index contributed by atoms with van der Waals surface area (Å²) >= 11 is 0. The molecule has 1 saturated heterocycles. The maximum atomic E-state index is 2.61. The SMILES string of the molecule is C[C@@H]1C(c2cccn2C)C2(C)CCN1c1ccccc12. The van der Waals surface area contributed by atoms with Gasteiger partial charge in [0.15, 0.2) is 0 Å².